The lowest BCUT2D eigenvalue weighted by atomic mass is 9.89. The van der Waals surface area contributed by atoms with Gasteiger partial charge >= 0.3 is 5.97 Å². The van der Waals surface area contributed by atoms with Crippen molar-refractivity contribution in [2.75, 3.05) is 12.4 Å². The second-order valence-corrected chi connectivity index (χ2v) is 13.2. The number of alkyl halides is 1. The second kappa shape index (κ2) is 18.2. The van der Waals surface area contributed by atoms with E-state index in [9.17, 15) is 38.7 Å². The topological polar surface area (TPSA) is 193 Å². The average Bonchev–Trinajstić information content (AvgIpc) is 3.12. The number of halogens is 1. The molecule has 4 amide bonds. The molecule has 0 spiro atoms. The van der Waals surface area contributed by atoms with Crippen molar-refractivity contribution in [3.05, 3.63) is 83.4 Å². The zero-order valence-corrected chi connectivity index (χ0v) is 29.2. The number of nitrogens with zero attached hydrogens (tertiary/aromatic N) is 1. The average molecular weight is 719 g/mol. The van der Waals surface area contributed by atoms with Crippen molar-refractivity contribution in [1.29, 1.82) is 0 Å². The number of benzene rings is 3. The van der Waals surface area contributed by atoms with E-state index < -0.39 is 71.7 Å². The number of carbonyl (C=O) groups excluding carboxylic acids is 6. The fraction of sp³-hybridized carbons (Fsp3) is 0.395. The second-order valence-electron chi connectivity index (χ2n) is 12.9. The Morgan fingerprint density at radius 2 is 1.57 bits per heavy atom. The smallest absolute Gasteiger partial charge is 0.303 e. The van der Waals surface area contributed by atoms with E-state index in [1.165, 1.54) is 11.8 Å². The molecule has 270 valence electrons. The predicted molar refractivity (Wildman–Crippen MR) is 191 cm³/mol. The van der Waals surface area contributed by atoms with Crippen molar-refractivity contribution in [3.63, 3.8) is 0 Å². The molecule has 13 heteroatoms. The highest BCUT2D eigenvalue weighted by Gasteiger charge is 2.38. The first-order valence-electron chi connectivity index (χ1n) is 16.9. The molecule has 5 N–H and O–H groups in total. The van der Waals surface area contributed by atoms with Gasteiger partial charge in [-0.15, -0.1) is 11.6 Å². The number of fused-ring (bicyclic) bond motifs is 1. The Kier molecular flexibility index (Phi) is 13.8. The van der Waals surface area contributed by atoms with Crippen LogP contribution in [0.1, 0.15) is 66.9 Å². The minimum Gasteiger partial charge on any atom is -0.481 e. The van der Waals surface area contributed by atoms with Crippen LogP contribution in [0.5, 0.6) is 0 Å². The molecule has 1 fully saturated rings. The van der Waals surface area contributed by atoms with Crippen LogP contribution in [0.15, 0.2) is 66.7 Å². The maximum atomic E-state index is 14.0. The summed E-state index contributed by atoms with van der Waals surface area (Å²) in [6.45, 7) is 1.64. The number of likely N-dealkylation sites (tertiary alicyclic amines) is 1. The highest BCUT2D eigenvalue weighted by molar-refractivity contribution is 6.27. The number of piperidine rings is 1. The molecule has 51 heavy (non-hydrogen) atoms. The third-order valence-electron chi connectivity index (χ3n) is 9.14. The van der Waals surface area contributed by atoms with Gasteiger partial charge in [0.25, 0.3) is 0 Å². The number of amides is 4. The number of ketones is 2. The van der Waals surface area contributed by atoms with E-state index in [0.29, 0.717) is 24.0 Å². The Morgan fingerprint density at radius 1 is 0.882 bits per heavy atom. The molecule has 0 bridgehead atoms. The van der Waals surface area contributed by atoms with Crippen LogP contribution in [-0.2, 0) is 41.6 Å². The number of nitrogens with two attached hydrogens (primary N) is 1. The predicted octanol–water partition coefficient (Wildman–Crippen LogP) is 3.34. The lowest BCUT2D eigenvalue weighted by Crippen LogP contribution is -2.59. The summed E-state index contributed by atoms with van der Waals surface area (Å²) in [4.78, 5) is 90.8. The van der Waals surface area contributed by atoms with Crippen LogP contribution < -0.4 is 16.4 Å². The molecule has 1 saturated heterocycles. The van der Waals surface area contributed by atoms with Gasteiger partial charge in [-0.1, -0.05) is 66.7 Å². The van der Waals surface area contributed by atoms with Crippen LogP contribution in [0.25, 0.3) is 10.8 Å². The van der Waals surface area contributed by atoms with Gasteiger partial charge in [-0.3, -0.25) is 33.6 Å². The maximum Gasteiger partial charge on any atom is 0.303 e. The molecule has 4 atom stereocenters. The van der Waals surface area contributed by atoms with E-state index in [2.05, 4.69) is 10.6 Å². The summed E-state index contributed by atoms with van der Waals surface area (Å²) in [5, 5.41) is 16.5. The number of aliphatic carboxylic acids is 1. The molecule has 1 aliphatic rings. The monoisotopic (exact) mass is 718 g/mol. The summed E-state index contributed by atoms with van der Waals surface area (Å²) in [5.41, 5.74) is 7.74. The van der Waals surface area contributed by atoms with Gasteiger partial charge in [0.05, 0.1) is 6.04 Å². The van der Waals surface area contributed by atoms with E-state index in [0.717, 1.165) is 16.3 Å². The molecule has 0 aromatic heterocycles. The van der Waals surface area contributed by atoms with Gasteiger partial charge in [-0.25, -0.2) is 0 Å². The number of hydrogen-bond acceptors (Lipinski definition) is 7. The Labute approximate surface area is 301 Å². The third kappa shape index (κ3) is 10.9. The molecule has 1 heterocycles. The quantitative estimate of drug-likeness (QED) is 0.121. The van der Waals surface area contributed by atoms with Gasteiger partial charge in [-0.2, -0.15) is 0 Å². The number of primary amides is 1. The summed E-state index contributed by atoms with van der Waals surface area (Å²) in [7, 11) is 0. The van der Waals surface area contributed by atoms with Crippen LogP contribution in [0, 0.1) is 5.92 Å². The van der Waals surface area contributed by atoms with E-state index >= 15 is 0 Å². The first-order chi connectivity index (χ1) is 24.4. The maximum absolute atomic E-state index is 14.0. The minimum absolute atomic E-state index is 0.0991. The summed E-state index contributed by atoms with van der Waals surface area (Å²) in [5.74, 6) is -5.57. The molecular weight excluding hydrogens is 676 g/mol. The number of rotatable bonds is 17. The van der Waals surface area contributed by atoms with Crippen molar-refractivity contribution in [3.8, 4) is 0 Å². The molecule has 4 rings (SSSR count). The molecule has 0 aliphatic carbocycles. The van der Waals surface area contributed by atoms with Crippen LogP contribution in [-0.4, -0.2) is 81.7 Å². The van der Waals surface area contributed by atoms with Crippen LogP contribution in [0.4, 0.5) is 0 Å². The molecule has 0 radical (unpaired) electrons. The van der Waals surface area contributed by atoms with Crippen molar-refractivity contribution >= 4 is 63.5 Å². The summed E-state index contributed by atoms with van der Waals surface area (Å²) < 4.78 is 0. The van der Waals surface area contributed by atoms with Gasteiger partial charge in [0, 0.05) is 30.9 Å². The largest absolute Gasteiger partial charge is 0.481 e. The number of carbonyl (C=O) groups is 7. The van der Waals surface area contributed by atoms with Gasteiger partial charge < -0.3 is 26.4 Å². The molecule has 12 nitrogen and oxygen atoms in total. The van der Waals surface area contributed by atoms with Gasteiger partial charge in [0.2, 0.25) is 23.6 Å². The molecule has 3 aromatic carbocycles. The normalized spacial score (nSPS) is 16.0. The van der Waals surface area contributed by atoms with Crippen LogP contribution in [0.3, 0.4) is 0 Å². The molecule has 0 saturated carbocycles. The zero-order chi connectivity index (χ0) is 37.1. The number of carboxylic acid groups (broad SMARTS) is 1. The SMILES string of the molecule is CC(=O)c1ccc(C[C@H](CC(=O)[C@H](Cc2ccc3ccccc3c2)NC(=O)[C@@H]2CCCCN2C(=O)[C@H](CCC(=O)O)NC(=O)CCl)C(N)=O)cc1. The van der Waals surface area contributed by atoms with E-state index in [4.69, 9.17) is 17.3 Å². The van der Waals surface area contributed by atoms with Gasteiger partial charge in [0.15, 0.2) is 11.6 Å². The number of hydrogen-bond donors (Lipinski definition) is 4. The Balaban J connectivity index is 1.59. The minimum atomic E-state index is -1.21. The Morgan fingerprint density at radius 3 is 2.22 bits per heavy atom. The summed E-state index contributed by atoms with van der Waals surface area (Å²) in [6, 6.07) is 16.8. The number of Topliss-reactive ketones (excluding diaryl/α,β-unsaturated/α-hetero) is 2. The molecule has 3 aromatic rings. The Bertz CT molecular complexity index is 1780. The van der Waals surface area contributed by atoms with E-state index in [1.54, 1.807) is 24.3 Å². The first-order valence-corrected chi connectivity index (χ1v) is 17.5. The van der Waals surface area contributed by atoms with Crippen LogP contribution >= 0.6 is 11.6 Å². The highest BCUT2D eigenvalue weighted by atomic mass is 35.5. The first kappa shape index (κ1) is 38.7. The molecule has 1 aliphatic heterocycles. The molecular formula is C38H43ClN4O8. The van der Waals surface area contributed by atoms with Crippen LogP contribution in [0.2, 0.25) is 0 Å². The van der Waals surface area contributed by atoms with Gasteiger partial charge in [0.1, 0.15) is 18.0 Å². The number of nitrogens with one attached hydrogen (secondary N) is 2. The zero-order valence-electron chi connectivity index (χ0n) is 28.4. The van der Waals surface area contributed by atoms with Crippen molar-refractivity contribution < 1.29 is 38.7 Å². The van der Waals surface area contributed by atoms with E-state index in [1.807, 2.05) is 42.5 Å². The number of carboxylic acids is 1. The Hall–Kier alpha value is -5.10. The third-order valence-corrected chi connectivity index (χ3v) is 9.38. The van der Waals surface area contributed by atoms with E-state index in [-0.39, 0.29) is 44.4 Å². The standard InChI is InChI=1S/C38H43ClN4O8/c1-23(44)26-12-9-24(10-13-26)18-29(36(40)49)21-33(45)31(20-25-11-14-27-6-2-3-7-28(27)19-25)42-37(50)32-8-4-5-17-43(32)38(51)30(15-16-35(47)48)41-34(46)22-39/h2-3,6-7,9-14,19,29-32H,4-5,8,15-18,20-22H2,1H3,(H2,40,49)(H,41,46)(H,42,50)(H,47,48)/t29-,30+,31+,32+/m1/s1. The van der Waals surface area contributed by atoms with Crippen molar-refractivity contribution in [2.24, 2.45) is 11.7 Å². The molecule has 0 unspecified atom stereocenters. The summed E-state index contributed by atoms with van der Waals surface area (Å²) >= 11 is 5.64. The lowest BCUT2D eigenvalue weighted by molar-refractivity contribution is -0.146. The fourth-order valence-corrected chi connectivity index (χ4v) is 6.44. The highest BCUT2D eigenvalue weighted by Crippen LogP contribution is 2.23. The summed E-state index contributed by atoms with van der Waals surface area (Å²) in [6.07, 6.45) is 0.864. The van der Waals surface area contributed by atoms with Gasteiger partial charge in [-0.05, 0) is 67.3 Å². The fourth-order valence-electron chi connectivity index (χ4n) is 6.36. The van der Waals surface area contributed by atoms with Crippen molar-refractivity contribution in [1.82, 2.24) is 15.5 Å². The van der Waals surface area contributed by atoms with Crippen molar-refractivity contribution in [2.45, 2.75) is 76.4 Å². The lowest BCUT2D eigenvalue weighted by Gasteiger charge is -2.37.